The fourth-order valence-electron chi connectivity index (χ4n) is 2.27. The highest BCUT2D eigenvalue weighted by Crippen LogP contribution is 2.15. The van der Waals surface area contributed by atoms with Crippen LogP contribution in [0, 0.1) is 0 Å². The maximum Gasteiger partial charge on any atom is 0.254 e. The van der Waals surface area contributed by atoms with Gasteiger partial charge in [-0.15, -0.1) is 0 Å². The number of anilines is 1. The molecule has 1 atom stereocenters. The molecule has 0 aliphatic carbocycles. The molecule has 19 heavy (non-hydrogen) atoms. The van der Waals surface area contributed by atoms with Crippen molar-refractivity contribution in [2.45, 2.75) is 31.8 Å². The van der Waals surface area contributed by atoms with Gasteiger partial charge in [0.2, 0.25) is 0 Å². The molecule has 5 nitrogen and oxygen atoms in total. The van der Waals surface area contributed by atoms with Gasteiger partial charge in [0.1, 0.15) is 0 Å². The topological polar surface area (TPSA) is 63.2 Å². The Morgan fingerprint density at radius 3 is 3.16 bits per heavy atom. The van der Waals surface area contributed by atoms with E-state index in [9.17, 15) is 4.79 Å². The Bertz CT molecular complexity index is 417. The average Bonchev–Trinajstić information content (AvgIpc) is 2.48. The van der Waals surface area contributed by atoms with Crippen LogP contribution >= 0.6 is 0 Å². The lowest BCUT2D eigenvalue weighted by Gasteiger charge is -2.22. The van der Waals surface area contributed by atoms with Crippen LogP contribution in [0.15, 0.2) is 18.5 Å². The van der Waals surface area contributed by atoms with E-state index in [0.29, 0.717) is 18.2 Å². The van der Waals surface area contributed by atoms with E-state index in [-0.39, 0.29) is 5.91 Å². The molecule has 1 aromatic rings. The van der Waals surface area contributed by atoms with E-state index in [1.54, 1.807) is 25.5 Å². The summed E-state index contributed by atoms with van der Waals surface area (Å²) in [4.78, 5) is 16.0. The molecule has 0 saturated carbocycles. The van der Waals surface area contributed by atoms with Crippen LogP contribution in [0.3, 0.4) is 0 Å². The Kier molecular flexibility index (Phi) is 5.15. The first-order valence-corrected chi connectivity index (χ1v) is 6.83. The Labute approximate surface area is 113 Å². The van der Waals surface area contributed by atoms with Crippen molar-refractivity contribution in [2.24, 2.45) is 0 Å². The van der Waals surface area contributed by atoms with Crippen molar-refractivity contribution < 1.29 is 9.53 Å². The van der Waals surface area contributed by atoms with Gasteiger partial charge in [-0.05, 0) is 31.7 Å². The minimum atomic E-state index is -0.0896. The van der Waals surface area contributed by atoms with Gasteiger partial charge in [-0.25, -0.2) is 0 Å². The Morgan fingerprint density at radius 2 is 2.42 bits per heavy atom. The minimum Gasteiger partial charge on any atom is -0.387 e. The van der Waals surface area contributed by atoms with Gasteiger partial charge in [0.25, 0.3) is 5.91 Å². The maximum atomic E-state index is 12.0. The molecule has 2 N–H and O–H groups in total. The van der Waals surface area contributed by atoms with Crippen LogP contribution in [-0.4, -0.2) is 37.2 Å². The van der Waals surface area contributed by atoms with Gasteiger partial charge in [0, 0.05) is 38.3 Å². The summed E-state index contributed by atoms with van der Waals surface area (Å²) < 4.78 is 5.63. The summed E-state index contributed by atoms with van der Waals surface area (Å²) in [5, 5.41) is 5.91. The van der Waals surface area contributed by atoms with E-state index in [1.165, 1.54) is 6.42 Å². The maximum absolute atomic E-state index is 12.0. The summed E-state index contributed by atoms with van der Waals surface area (Å²) in [7, 11) is 1.79. The summed E-state index contributed by atoms with van der Waals surface area (Å²) >= 11 is 0. The number of carbonyl (C=O) groups is 1. The van der Waals surface area contributed by atoms with Gasteiger partial charge < -0.3 is 15.4 Å². The van der Waals surface area contributed by atoms with Crippen LogP contribution < -0.4 is 10.6 Å². The first-order chi connectivity index (χ1) is 9.31. The van der Waals surface area contributed by atoms with Crippen LogP contribution in [0.2, 0.25) is 0 Å². The van der Waals surface area contributed by atoms with E-state index in [1.807, 2.05) is 0 Å². The van der Waals surface area contributed by atoms with E-state index in [0.717, 1.165) is 31.6 Å². The molecule has 5 heteroatoms. The van der Waals surface area contributed by atoms with Crippen LogP contribution in [0.1, 0.15) is 36.0 Å². The third kappa shape index (κ3) is 3.92. The molecule has 1 aliphatic rings. The Hall–Kier alpha value is -1.62. The second kappa shape index (κ2) is 7.09. The SMILES string of the molecule is CNc1ccncc1C(=O)NCCC1CCCCO1. The van der Waals surface area contributed by atoms with Crippen LogP contribution in [0.25, 0.3) is 0 Å². The molecule has 1 aliphatic heterocycles. The summed E-state index contributed by atoms with van der Waals surface area (Å²) in [6.07, 6.45) is 7.91. The normalized spacial score (nSPS) is 18.9. The Balaban J connectivity index is 1.80. The molecule has 1 saturated heterocycles. The van der Waals surface area contributed by atoms with Crippen molar-refractivity contribution in [1.82, 2.24) is 10.3 Å². The lowest BCUT2D eigenvalue weighted by Crippen LogP contribution is -2.29. The average molecular weight is 263 g/mol. The van der Waals surface area contributed by atoms with Crippen molar-refractivity contribution >= 4 is 11.6 Å². The summed E-state index contributed by atoms with van der Waals surface area (Å²) in [6, 6.07) is 1.79. The van der Waals surface area contributed by atoms with Crippen molar-refractivity contribution in [2.75, 3.05) is 25.5 Å². The number of pyridine rings is 1. The van der Waals surface area contributed by atoms with Crippen molar-refractivity contribution in [1.29, 1.82) is 0 Å². The quantitative estimate of drug-likeness (QED) is 0.850. The zero-order chi connectivity index (χ0) is 13.5. The van der Waals surface area contributed by atoms with Crippen LogP contribution in [-0.2, 0) is 4.74 Å². The molecule has 0 radical (unpaired) electrons. The highest BCUT2D eigenvalue weighted by molar-refractivity contribution is 5.99. The number of carbonyl (C=O) groups excluding carboxylic acids is 1. The number of amides is 1. The molecule has 104 valence electrons. The fourth-order valence-corrected chi connectivity index (χ4v) is 2.27. The van der Waals surface area contributed by atoms with Gasteiger partial charge in [0.05, 0.1) is 11.7 Å². The number of rotatable bonds is 5. The largest absolute Gasteiger partial charge is 0.387 e. The molecule has 0 spiro atoms. The second-order valence-electron chi connectivity index (χ2n) is 4.70. The Morgan fingerprint density at radius 1 is 1.53 bits per heavy atom. The molecular weight excluding hydrogens is 242 g/mol. The summed E-state index contributed by atoms with van der Waals surface area (Å²) in [5.41, 5.74) is 1.37. The highest BCUT2D eigenvalue weighted by Gasteiger charge is 2.15. The molecular formula is C14H21N3O2. The molecule has 2 heterocycles. The lowest BCUT2D eigenvalue weighted by atomic mass is 10.1. The van der Waals surface area contributed by atoms with E-state index in [2.05, 4.69) is 15.6 Å². The highest BCUT2D eigenvalue weighted by atomic mass is 16.5. The van der Waals surface area contributed by atoms with E-state index < -0.39 is 0 Å². The molecule has 0 aromatic carbocycles. The number of aromatic nitrogens is 1. The lowest BCUT2D eigenvalue weighted by molar-refractivity contribution is 0.0117. The van der Waals surface area contributed by atoms with Gasteiger partial charge in [-0.2, -0.15) is 0 Å². The number of ether oxygens (including phenoxy) is 1. The fraction of sp³-hybridized carbons (Fsp3) is 0.571. The number of nitrogens with zero attached hydrogens (tertiary/aromatic N) is 1. The predicted octanol–water partition coefficient (Wildman–Crippen LogP) is 1.81. The first-order valence-electron chi connectivity index (χ1n) is 6.83. The molecule has 0 bridgehead atoms. The number of nitrogens with one attached hydrogen (secondary N) is 2. The zero-order valence-corrected chi connectivity index (χ0v) is 11.3. The molecule has 1 fully saturated rings. The van der Waals surface area contributed by atoms with Crippen LogP contribution in [0.4, 0.5) is 5.69 Å². The molecule has 1 amide bonds. The molecule has 1 aromatic heterocycles. The second-order valence-corrected chi connectivity index (χ2v) is 4.70. The third-order valence-corrected chi connectivity index (χ3v) is 3.36. The van der Waals surface area contributed by atoms with Crippen LogP contribution in [0.5, 0.6) is 0 Å². The molecule has 2 rings (SSSR count). The monoisotopic (exact) mass is 263 g/mol. The van der Waals surface area contributed by atoms with E-state index >= 15 is 0 Å². The predicted molar refractivity (Wildman–Crippen MR) is 74.3 cm³/mol. The van der Waals surface area contributed by atoms with Crippen molar-refractivity contribution in [3.8, 4) is 0 Å². The smallest absolute Gasteiger partial charge is 0.254 e. The zero-order valence-electron chi connectivity index (χ0n) is 11.3. The van der Waals surface area contributed by atoms with Gasteiger partial charge in [0.15, 0.2) is 0 Å². The van der Waals surface area contributed by atoms with Crippen molar-refractivity contribution in [3.05, 3.63) is 24.0 Å². The van der Waals surface area contributed by atoms with E-state index in [4.69, 9.17) is 4.74 Å². The number of hydrogen-bond acceptors (Lipinski definition) is 4. The van der Waals surface area contributed by atoms with Gasteiger partial charge >= 0.3 is 0 Å². The standard InChI is InChI=1S/C14H21N3O2/c1-15-13-6-7-16-10-12(13)14(18)17-8-5-11-4-2-3-9-19-11/h6-7,10-11H,2-5,8-9H2,1H3,(H,15,16)(H,17,18). The minimum absolute atomic E-state index is 0.0896. The van der Waals surface area contributed by atoms with Gasteiger partial charge in [-0.3, -0.25) is 9.78 Å². The first kappa shape index (κ1) is 13.8. The number of hydrogen-bond donors (Lipinski definition) is 2. The summed E-state index contributed by atoms with van der Waals surface area (Å²) in [5.74, 6) is -0.0896. The molecule has 1 unspecified atom stereocenters. The summed E-state index contributed by atoms with van der Waals surface area (Å²) in [6.45, 7) is 1.49. The third-order valence-electron chi connectivity index (χ3n) is 3.36. The van der Waals surface area contributed by atoms with Gasteiger partial charge in [-0.1, -0.05) is 0 Å². The van der Waals surface area contributed by atoms with Crippen molar-refractivity contribution in [3.63, 3.8) is 0 Å².